The molecule has 6 rings (SSSR count). The second-order valence-electron chi connectivity index (χ2n) is 15.2. The van der Waals surface area contributed by atoms with Crippen molar-refractivity contribution in [1.29, 1.82) is 0 Å². The van der Waals surface area contributed by atoms with Crippen LogP contribution < -0.4 is 23.7 Å². The van der Waals surface area contributed by atoms with Crippen molar-refractivity contribution < 1.29 is 80.9 Å². The number of esters is 7. The Bertz CT molecular complexity index is 2270. The zero-order chi connectivity index (χ0) is 45.7. The number of benzene rings is 3. The number of fused-ring (bicyclic) bond motifs is 4. The molecule has 0 saturated carbocycles. The van der Waals surface area contributed by atoms with Gasteiger partial charge in [0.2, 0.25) is 12.4 Å². The minimum absolute atomic E-state index is 0.0205. The Balaban J connectivity index is 1.53. The Labute approximate surface area is 362 Å². The highest BCUT2D eigenvalue weighted by Crippen LogP contribution is 2.52. The van der Waals surface area contributed by atoms with Gasteiger partial charge in [-0.25, -0.2) is 0 Å². The van der Waals surface area contributed by atoms with E-state index < -0.39 is 85.1 Å². The van der Waals surface area contributed by atoms with Gasteiger partial charge in [0.25, 0.3) is 0 Å². The van der Waals surface area contributed by atoms with Crippen LogP contribution >= 0.6 is 0 Å². The third-order valence-corrected chi connectivity index (χ3v) is 10.5. The van der Waals surface area contributed by atoms with Crippen molar-refractivity contribution in [3.63, 3.8) is 0 Å². The van der Waals surface area contributed by atoms with Gasteiger partial charge in [0, 0.05) is 72.7 Å². The Morgan fingerprint density at radius 1 is 0.651 bits per heavy atom. The van der Waals surface area contributed by atoms with Gasteiger partial charge in [-0.2, -0.15) is 0 Å². The summed E-state index contributed by atoms with van der Waals surface area (Å²) in [6.07, 6.45) is -6.28. The number of hydrogen-bond donors (Lipinski definition) is 0. The first-order chi connectivity index (χ1) is 29.9. The van der Waals surface area contributed by atoms with E-state index in [1.54, 1.807) is 18.2 Å². The van der Waals surface area contributed by atoms with Gasteiger partial charge >= 0.3 is 41.8 Å². The molecule has 1 fully saturated rings. The molecule has 3 aromatic carbocycles. The van der Waals surface area contributed by atoms with Gasteiger partial charge in [-0.05, 0) is 71.8 Å². The Morgan fingerprint density at radius 2 is 1.27 bits per heavy atom. The van der Waals surface area contributed by atoms with Crippen LogP contribution in [0.5, 0.6) is 28.7 Å². The molecule has 336 valence electrons. The Hall–Kier alpha value is -6.53. The molecule has 3 aliphatic rings. The molecular formula is C45H49NO17. The summed E-state index contributed by atoms with van der Waals surface area (Å²) in [6, 6.07) is 13.3. The first-order valence-corrected chi connectivity index (χ1v) is 20.2. The highest BCUT2D eigenvalue weighted by molar-refractivity contribution is 5.73. The monoisotopic (exact) mass is 875 g/mol. The van der Waals surface area contributed by atoms with Crippen LogP contribution in [0.4, 0.5) is 0 Å². The summed E-state index contributed by atoms with van der Waals surface area (Å²) in [6.45, 7) is 8.34. The summed E-state index contributed by atoms with van der Waals surface area (Å²) < 4.78 is 57.6. The molecule has 3 aromatic rings. The molecular weight excluding hydrogens is 826 g/mol. The van der Waals surface area contributed by atoms with Gasteiger partial charge in [-0.1, -0.05) is 18.2 Å². The van der Waals surface area contributed by atoms with Crippen molar-refractivity contribution in [3.8, 4) is 28.7 Å². The topological polar surface area (TPSA) is 215 Å². The molecule has 18 nitrogen and oxygen atoms in total. The van der Waals surface area contributed by atoms with Gasteiger partial charge in [-0.15, -0.1) is 0 Å². The van der Waals surface area contributed by atoms with Crippen LogP contribution in [0.2, 0.25) is 0 Å². The third kappa shape index (κ3) is 10.9. The number of methoxy groups -OCH3 is 1. The maximum atomic E-state index is 12.7. The molecule has 1 saturated heterocycles. The van der Waals surface area contributed by atoms with E-state index in [0.29, 0.717) is 48.6 Å². The largest absolute Gasteiger partial charge is 0.493 e. The van der Waals surface area contributed by atoms with Gasteiger partial charge in [0.1, 0.15) is 18.5 Å². The van der Waals surface area contributed by atoms with Gasteiger partial charge in [0.05, 0.1) is 7.11 Å². The van der Waals surface area contributed by atoms with Crippen LogP contribution in [0.25, 0.3) is 0 Å². The molecule has 0 unspecified atom stereocenters. The zero-order valence-electron chi connectivity index (χ0n) is 36.1. The van der Waals surface area contributed by atoms with Gasteiger partial charge in [-0.3, -0.25) is 38.5 Å². The molecule has 0 bridgehead atoms. The lowest BCUT2D eigenvalue weighted by molar-refractivity contribution is -0.288. The maximum Gasteiger partial charge on any atom is 0.308 e. The van der Waals surface area contributed by atoms with Crippen molar-refractivity contribution in [2.75, 3.05) is 20.3 Å². The van der Waals surface area contributed by atoms with Crippen LogP contribution in [-0.2, 0) is 76.5 Å². The van der Waals surface area contributed by atoms with Crippen molar-refractivity contribution in [2.45, 2.75) is 111 Å². The molecule has 63 heavy (non-hydrogen) atoms. The summed E-state index contributed by atoms with van der Waals surface area (Å²) in [4.78, 5) is 88.5. The lowest BCUT2D eigenvalue weighted by Gasteiger charge is -2.48. The Morgan fingerprint density at radius 3 is 1.87 bits per heavy atom. The van der Waals surface area contributed by atoms with E-state index in [1.807, 2.05) is 30.3 Å². The van der Waals surface area contributed by atoms with Gasteiger partial charge in [0.15, 0.2) is 35.2 Å². The normalized spacial score (nSPS) is 22.4. The zero-order valence-corrected chi connectivity index (χ0v) is 36.1. The molecule has 0 radical (unpaired) electrons. The van der Waals surface area contributed by atoms with Crippen molar-refractivity contribution >= 4 is 41.8 Å². The standard InChI is InChI=1S/C45H49NO17/c1-22(47)55-21-39-42(59-26(5)51)43(60-27(6)52)44(61-28(7)53)45(62-39)63-41-36(57-24(3)49)14-11-31-18-34-33-20-37(54-8)38(58-25(4)50)19-30(33)15-16-46(34)35(40(31)41)17-29-9-12-32(13-10-29)56-23(2)48/h9-14,19-20,34-35,39,42-45H,15-18,21H2,1-8H3/t34-,35-,39+,42+,43-,44+,45+/m0/s1. The van der Waals surface area contributed by atoms with Crippen LogP contribution in [-0.4, -0.2) is 97.7 Å². The van der Waals surface area contributed by atoms with Crippen LogP contribution in [0.1, 0.15) is 88.4 Å². The maximum absolute atomic E-state index is 12.7. The number of carbonyl (C=O) groups is 7. The van der Waals surface area contributed by atoms with Crippen LogP contribution in [0.3, 0.4) is 0 Å². The number of rotatable bonds is 13. The molecule has 0 spiro atoms. The number of carbonyl (C=O) groups excluding carboxylic acids is 7. The smallest absolute Gasteiger partial charge is 0.308 e. The fourth-order valence-corrected chi connectivity index (χ4v) is 8.32. The molecule has 18 heteroatoms. The molecule has 0 aromatic heterocycles. The van der Waals surface area contributed by atoms with Crippen molar-refractivity contribution in [2.24, 2.45) is 0 Å². The molecule has 3 heterocycles. The number of ether oxygens (including phenoxy) is 10. The molecule has 0 N–H and O–H groups in total. The van der Waals surface area contributed by atoms with Crippen molar-refractivity contribution in [1.82, 2.24) is 4.90 Å². The Kier molecular flexibility index (Phi) is 14.4. The summed E-state index contributed by atoms with van der Waals surface area (Å²) in [5.74, 6) is -3.80. The second kappa shape index (κ2) is 19.7. The predicted molar refractivity (Wildman–Crippen MR) is 216 cm³/mol. The summed E-state index contributed by atoms with van der Waals surface area (Å²) in [7, 11) is 1.49. The molecule has 0 amide bonds. The predicted octanol–water partition coefficient (Wildman–Crippen LogP) is 4.37. The first-order valence-electron chi connectivity index (χ1n) is 20.2. The van der Waals surface area contributed by atoms with Crippen molar-refractivity contribution in [3.05, 3.63) is 76.3 Å². The van der Waals surface area contributed by atoms with E-state index in [1.165, 1.54) is 27.9 Å². The second-order valence-corrected chi connectivity index (χ2v) is 15.2. The minimum atomic E-state index is -1.65. The summed E-state index contributed by atoms with van der Waals surface area (Å²) in [5.41, 5.74) is 4.05. The molecule has 3 aliphatic heterocycles. The number of nitrogens with zero attached hydrogens (tertiary/aromatic N) is 1. The van der Waals surface area contributed by atoms with E-state index in [9.17, 15) is 33.6 Å². The van der Waals surface area contributed by atoms with Gasteiger partial charge < -0.3 is 47.4 Å². The van der Waals surface area contributed by atoms with E-state index in [2.05, 4.69) is 4.90 Å². The fourth-order valence-electron chi connectivity index (χ4n) is 8.32. The average Bonchev–Trinajstić information content (AvgIpc) is 3.19. The van der Waals surface area contributed by atoms with Crippen LogP contribution in [0.15, 0.2) is 48.5 Å². The van der Waals surface area contributed by atoms with E-state index >= 15 is 0 Å². The summed E-state index contributed by atoms with van der Waals surface area (Å²) >= 11 is 0. The van der Waals surface area contributed by atoms with E-state index in [4.69, 9.17) is 47.4 Å². The lowest BCUT2D eigenvalue weighted by Crippen LogP contribution is -2.63. The van der Waals surface area contributed by atoms with E-state index in [0.717, 1.165) is 49.9 Å². The highest BCUT2D eigenvalue weighted by atomic mass is 16.7. The SMILES string of the molecule is COc1cc2c(cc1OC(C)=O)CCN1[C@H]2Cc2ccc(OC(C)=O)c(O[C@H]3O[C@H](COC(C)=O)[C@@H](OC(C)=O)[C@H](OC(C)=O)[C@H]3OC(C)=O)c2[C@@H]1Cc1ccc(OC(C)=O)cc1. The summed E-state index contributed by atoms with van der Waals surface area (Å²) in [5, 5.41) is 0. The fraction of sp³-hybridized carbons (Fsp3) is 0.444. The quantitative estimate of drug-likeness (QED) is 0.132. The highest BCUT2D eigenvalue weighted by Gasteiger charge is 2.54. The first kappa shape index (κ1) is 46.0. The van der Waals surface area contributed by atoms with Crippen LogP contribution in [0, 0.1) is 0 Å². The molecule has 0 aliphatic carbocycles. The average molecular weight is 876 g/mol. The number of hydrogen-bond acceptors (Lipinski definition) is 18. The van der Waals surface area contributed by atoms with E-state index in [-0.39, 0.29) is 17.5 Å². The molecule has 7 atom stereocenters. The third-order valence-electron chi connectivity index (χ3n) is 10.5. The lowest BCUT2D eigenvalue weighted by atomic mass is 9.78. The minimum Gasteiger partial charge on any atom is -0.493 e.